The van der Waals surface area contributed by atoms with Gasteiger partial charge in [-0.05, 0) is 30.3 Å². The second-order valence-corrected chi connectivity index (χ2v) is 5.20. The molecule has 0 bridgehead atoms. The Balaban J connectivity index is 1.80. The van der Waals surface area contributed by atoms with Crippen LogP contribution in [-0.4, -0.2) is 20.9 Å². The van der Waals surface area contributed by atoms with E-state index in [0.717, 1.165) is 16.8 Å². The van der Waals surface area contributed by atoms with Crippen LogP contribution in [0.25, 0.3) is 10.9 Å². The van der Waals surface area contributed by atoms with Crippen molar-refractivity contribution in [1.29, 1.82) is 0 Å². The van der Waals surface area contributed by atoms with Crippen molar-refractivity contribution in [2.75, 3.05) is 5.32 Å². The van der Waals surface area contributed by atoms with Gasteiger partial charge < -0.3 is 5.32 Å². The van der Waals surface area contributed by atoms with Crippen LogP contribution in [0.4, 0.5) is 18.9 Å². The molecule has 2 aromatic carbocycles. The van der Waals surface area contributed by atoms with Crippen molar-refractivity contribution in [3.8, 4) is 0 Å². The van der Waals surface area contributed by atoms with Crippen LogP contribution in [0.3, 0.4) is 0 Å². The van der Waals surface area contributed by atoms with Gasteiger partial charge in [-0.25, -0.2) is 4.68 Å². The zero-order valence-corrected chi connectivity index (χ0v) is 12.6. The molecule has 0 spiro atoms. The molecule has 3 rings (SSSR count). The number of rotatable bonds is 3. The van der Waals surface area contributed by atoms with Gasteiger partial charge in [-0.15, -0.1) is 5.10 Å². The standard InChI is InChI=1S/C16H11F3N4O2/c17-16(18,19)10-4-3-5-11(8-10)20-14(24)9-23-15(25)12-6-1-2-7-13(12)21-22-23/h1-8H,9H2,(H,20,24). The van der Waals surface area contributed by atoms with Gasteiger partial charge in [0.05, 0.1) is 10.9 Å². The summed E-state index contributed by atoms with van der Waals surface area (Å²) in [6.45, 7) is -0.465. The molecule has 0 atom stereocenters. The van der Waals surface area contributed by atoms with Crippen molar-refractivity contribution in [3.05, 3.63) is 64.4 Å². The minimum absolute atomic E-state index is 0.0263. The minimum atomic E-state index is -4.51. The number of hydrogen-bond donors (Lipinski definition) is 1. The third-order valence-electron chi connectivity index (χ3n) is 3.40. The molecule has 0 radical (unpaired) electrons. The maximum absolute atomic E-state index is 12.7. The number of aromatic nitrogens is 3. The van der Waals surface area contributed by atoms with Crippen LogP contribution in [0, 0.1) is 0 Å². The number of nitrogens with one attached hydrogen (secondary N) is 1. The van der Waals surface area contributed by atoms with Gasteiger partial charge in [0.25, 0.3) is 5.56 Å². The molecule has 0 aliphatic heterocycles. The van der Waals surface area contributed by atoms with Gasteiger partial charge in [0.15, 0.2) is 0 Å². The molecule has 0 saturated carbocycles. The van der Waals surface area contributed by atoms with Gasteiger partial charge in [-0.2, -0.15) is 13.2 Å². The third kappa shape index (κ3) is 3.65. The lowest BCUT2D eigenvalue weighted by molar-refractivity contribution is -0.137. The van der Waals surface area contributed by atoms with Crippen LogP contribution in [0.2, 0.25) is 0 Å². The Morgan fingerprint density at radius 3 is 2.64 bits per heavy atom. The SMILES string of the molecule is O=C(Cn1nnc2ccccc2c1=O)Nc1cccc(C(F)(F)F)c1. The van der Waals surface area contributed by atoms with Gasteiger partial charge in [0, 0.05) is 5.69 Å². The van der Waals surface area contributed by atoms with Crippen molar-refractivity contribution in [3.63, 3.8) is 0 Å². The Hall–Kier alpha value is -3.23. The number of anilines is 1. The molecule has 9 heteroatoms. The quantitative estimate of drug-likeness (QED) is 0.789. The summed E-state index contributed by atoms with van der Waals surface area (Å²) in [5.41, 5.74) is -1.03. The maximum atomic E-state index is 12.7. The van der Waals surface area contributed by atoms with Gasteiger partial charge in [-0.1, -0.05) is 23.4 Å². The number of hydrogen-bond acceptors (Lipinski definition) is 4. The van der Waals surface area contributed by atoms with E-state index in [1.54, 1.807) is 24.3 Å². The fraction of sp³-hybridized carbons (Fsp3) is 0.125. The second kappa shape index (κ2) is 6.34. The first-order valence-electron chi connectivity index (χ1n) is 7.14. The summed E-state index contributed by atoms with van der Waals surface area (Å²) in [6, 6.07) is 10.7. The summed E-state index contributed by atoms with van der Waals surface area (Å²) in [7, 11) is 0. The summed E-state index contributed by atoms with van der Waals surface area (Å²) in [6.07, 6.45) is -4.51. The normalized spacial score (nSPS) is 11.5. The van der Waals surface area contributed by atoms with Gasteiger partial charge in [0.1, 0.15) is 12.1 Å². The molecule has 0 fully saturated rings. The second-order valence-electron chi connectivity index (χ2n) is 5.20. The largest absolute Gasteiger partial charge is 0.416 e. The molecule has 6 nitrogen and oxygen atoms in total. The fourth-order valence-electron chi connectivity index (χ4n) is 2.24. The zero-order chi connectivity index (χ0) is 18.0. The Morgan fingerprint density at radius 2 is 1.88 bits per heavy atom. The molecule has 0 unspecified atom stereocenters. The molecule has 3 aromatic rings. The first-order valence-corrected chi connectivity index (χ1v) is 7.14. The van der Waals surface area contributed by atoms with E-state index in [9.17, 15) is 22.8 Å². The summed E-state index contributed by atoms with van der Waals surface area (Å²) in [5.74, 6) is -0.689. The van der Waals surface area contributed by atoms with Crippen LogP contribution in [-0.2, 0) is 17.5 Å². The fourth-order valence-corrected chi connectivity index (χ4v) is 2.24. The number of carbonyl (C=O) groups is 1. The third-order valence-corrected chi connectivity index (χ3v) is 3.40. The lowest BCUT2D eigenvalue weighted by Gasteiger charge is -2.10. The van der Waals surface area contributed by atoms with E-state index < -0.39 is 29.8 Å². The molecular formula is C16H11F3N4O2. The van der Waals surface area contributed by atoms with Gasteiger partial charge in [-0.3, -0.25) is 9.59 Å². The zero-order valence-electron chi connectivity index (χ0n) is 12.6. The predicted molar refractivity (Wildman–Crippen MR) is 83.9 cm³/mol. The number of nitrogens with zero attached hydrogens (tertiary/aromatic N) is 3. The van der Waals surface area contributed by atoms with Gasteiger partial charge >= 0.3 is 6.18 Å². The Bertz CT molecular complexity index is 998. The molecular weight excluding hydrogens is 337 g/mol. The van der Waals surface area contributed by atoms with Crippen molar-refractivity contribution < 1.29 is 18.0 Å². The van der Waals surface area contributed by atoms with E-state index in [0.29, 0.717) is 10.9 Å². The number of alkyl halides is 3. The molecule has 25 heavy (non-hydrogen) atoms. The van der Waals surface area contributed by atoms with Crippen LogP contribution >= 0.6 is 0 Å². The highest BCUT2D eigenvalue weighted by atomic mass is 19.4. The van der Waals surface area contributed by atoms with E-state index in [4.69, 9.17) is 0 Å². The van der Waals surface area contributed by atoms with Crippen LogP contribution in [0.1, 0.15) is 5.56 Å². The Kier molecular flexibility index (Phi) is 4.22. The first kappa shape index (κ1) is 16.6. The van der Waals surface area contributed by atoms with E-state index >= 15 is 0 Å². The molecule has 0 aliphatic rings. The molecule has 128 valence electrons. The summed E-state index contributed by atoms with van der Waals surface area (Å²) < 4.78 is 38.9. The van der Waals surface area contributed by atoms with Crippen LogP contribution < -0.4 is 10.9 Å². The van der Waals surface area contributed by atoms with E-state index in [1.807, 2.05) is 0 Å². The topological polar surface area (TPSA) is 76.9 Å². The van der Waals surface area contributed by atoms with Gasteiger partial charge in [0.2, 0.25) is 5.91 Å². The van der Waals surface area contributed by atoms with Crippen LogP contribution in [0.5, 0.6) is 0 Å². The lowest BCUT2D eigenvalue weighted by atomic mass is 10.2. The molecule has 1 heterocycles. The predicted octanol–water partition coefficient (Wildman–Crippen LogP) is 2.45. The van der Waals surface area contributed by atoms with E-state index in [-0.39, 0.29) is 5.69 Å². The highest BCUT2D eigenvalue weighted by Crippen LogP contribution is 2.30. The highest BCUT2D eigenvalue weighted by Gasteiger charge is 2.30. The van der Waals surface area contributed by atoms with Crippen LogP contribution in [0.15, 0.2) is 53.3 Å². The summed E-state index contributed by atoms with van der Waals surface area (Å²) in [4.78, 5) is 24.2. The van der Waals surface area contributed by atoms with Crippen molar-refractivity contribution in [1.82, 2.24) is 15.0 Å². The smallest absolute Gasteiger partial charge is 0.324 e. The molecule has 0 aliphatic carbocycles. The number of benzene rings is 2. The molecule has 1 N–H and O–H groups in total. The number of amides is 1. The Labute approximate surface area is 138 Å². The summed E-state index contributed by atoms with van der Waals surface area (Å²) in [5, 5.41) is 10.1. The number of fused-ring (bicyclic) bond motifs is 1. The number of halogens is 3. The number of carbonyl (C=O) groups excluding carboxylic acids is 1. The lowest BCUT2D eigenvalue weighted by Crippen LogP contribution is -2.30. The monoisotopic (exact) mass is 348 g/mol. The molecule has 0 saturated heterocycles. The highest BCUT2D eigenvalue weighted by molar-refractivity contribution is 5.90. The van der Waals surface area contributed by atoms with Crippen molar-refractivity contribution in [2.24, 2.45) is 0 Å². The molecule has 1 aromatic heterocycles. The first-order chi connectivity index (χ1) is 11.8. The summed E-state index contributed by atoms with van der Waals surface area (Å²) >= 11 is 0. The Morgan fingerprint density at radius 1 is 1.12 bits per heavy atom. The molecule has 1 amide bonds. The van der Waals surface area contributed by atoms with E-state index in [2.05, 4.69) is 15.6 Å². The van der Waals surface area contributed by atoms with Crippen molar-refractivity contribution >= 4 is 22.5 Å². The average molecular weight is 348 g/mol. The van der Waals surface area contributed by atoms with E-state index in [1.165, 1.54) is 12.1 Å². The average Bonchev–Trinajstić information content (AvgIpc) is 2.57. The minimum Gasteiger partial charge on any atom is -0.324 e. The maximum Gasteiger partial charge on any atom is 0.416 e. The van der Waals surface area contributed by atoms with Crippen molar-refractivity contribution in [2.45, 2.75) is 12.7 Å².